The van der Waals surface area contributed by atoms with Crippen molar-refractivity contribution in [1.29, 1.82) is 0 Å². The molecule has 7 nitrogen and oxygen atoms in total. The highest BCUT2D eigenvalue weighted by Crippen LogP contribution is 2.18. The summed E-state index contributed by atoms with van der Waals surface area (Å²) in [6.07, 6.45) is 0.737. The molecular weight excluding hydrogens is 240 g/mol. The lowest BCUT2D eigenvalue weighted by atomic mass is 10.0. The predicted octanol–water partition coefficient (Wildman–Crippen LogP) is -0.340. The number of urea groups is 1. The van der Waals surface area contributed by atoms with Crippen LogP contribution in [0.15, 0.2) is 0 Å². The molecule has 2 N–H and O–H groups in total. The second kappa shape index (κ2) is 5.11. The Labute approximate surface area is 105 Å². The number of morpholine rings is 1. The van der Waals surface area contributed by atoms with Gasteiger partial charge in [-0.1, -0.05) is 0 Å². The summed E-state index contributed by atoms with van der Waals surface area (Å²) >= 11 is 0. The molecule has 0 aromatic rings. The van der Waals surface area contributed by atoms with Crippen LogP contribution in [0, 0.1) is 0 Å². The molecule has 0 saturated carbocycles. The van der Waals surface area contributed by atoms with Crippen molar-refractivity contribution in [2.45, 2.75) is 24.9 Å². The number of aliphatic carboxylic acids is 1. The predicted molar refractivity (Wildman–Crippen MR) is 61.3 cm³/mol. The van der Waals surface area contributed by atoms with Gasteiger partial charge in [0, 0.05) is 13.2 Å². The van der Waals surface area contributed by atoms with Gasteiger partial charge in [0.1, 0.15) is 0 Å². The second-order valence-corrected chi connectivity index (χ2v) is 4.92. The topological polar surface area (TPSA) is 88.1 Å². The molecule has 0 aliphatic carbocycles. The zero-order valence-corrected chi connectivity index (χ0v) is 10.3. The zero-order valence-electron chi connectivity index (χ0n) is 10.3. The Morgan fingerprint density at radius 1 is 1.39 bits per heavy atom. The van der Waals surface area contributed by atoms with Crippen molar-refractivity contribution < 1.29 is 24.2 Å². The average molecular weight is 258 g/mol. The van der Waals surface area contributed by atoms with E-state index in [1.807, 2.05) is 6.92 Å². The molecule has 2 saturated heterocycles. The van der Waals surface area contributed by atoms with Crippen LogP contribution in [0.5, 0.6) is 0 Å². The van der Waals surface area contributed by atoms with E-state index >= 15 is 0 Å². The Morgan fingerprint density at radius 3 is 2.78 bits per heavy atom. The van der Waals surface area contributed by atoms with Gasteiger partial charge in [0.2, 0.25) is 0 Å². The van der Waals surface area contributed by atoms with Crippen LogP contribution in [0.2, 0.25) is 0 Å². The van der Waals surface area contributed by atoms with Gasteiger partial charge < -0.3 is 24.8 Å². The van der Waals surface area contributed by atoms with E-state index in [-0.39, 0.29) is 12.6 Å². The van der Waals surface area contributed by atoms with E-state index in [1.165, 1.54) is 4.90 Å². The molecule has 0 aromatic heterocycles. The molecule has 0 spiro atoms. The van der Waals surface area contributed by atoms with Crippen molar-refractivity contribution in [3.05, 3.63) is 0 Å². The number of carbonyl (C=O) groups excluding carboxylic acids is 1. The molecule has 0 aromatic carbocycles. The number of hydrogen-bond acceptors (Lipinski definition) is 4. The lowest BCUT2D eigenvalue weighted by Crippen LogP contribution is -2.59. The monoisotopic (exact) mass is 258 g/mol. The van der Waals surface area contributed by atoms with Crippen LogP contribution in [0.1, 0.15) is 13.3 Å². The van der Waals surface area contributed by atoms with Crippen molar-refractivity contribution in [3.63, 3.8) is 0 Å². The highest BCUT2D eigenvalue weighted by Gasteiger charge is 2.37. The Hall–Kier alpha value is -1.34. The lowest BCUT2D eigenvalue weighted by Gasteiger charge is -2.35. The average Bonchev–Trinajstić information content (AvgIpc) is 2.75. The van der Waals surface area contributed by atoms with Gasteiger partial charge in [-0.05, 0) is 13.3 Å². The first kappa shape index (κ1) is 13.1. The maximum absolute atomic E-state index is 12.1. The van der Waals surface area contributed by atoms with Gasteiger partial charge in [0.15, 0.2) is 6.04 Å². The van der Waals surface area contributed by atoms with Crippen LogP contribution in [-0.4, -0.2) is 66.6 Å². The number of nitrogens with zero attached hydrogens (tertiary/aromatic N) is 1. The molecule has 2 fully saturated rings. The van der Waals surface area contributed by atoms with Crippen molar-refractivity contribution >= 4 is 12.0 Å². The summed E-state index contributed by atoms with van der Waals surface area (Å²) < 4.78 is 10.3. The fourth-order valence-corrected chi connectivity index (χ4v) is 2.15. The molecule has 2 amide bonds. The van der Waals surface area contributed by atoms with Gasteiger partial charge >= 0.3 is 12.0 Å². The van der Waals surface area contributed by atoms with E-state index in [0.717, 1.165) is 6.42 Å². The smallest absolute Gasteiger partial charge is 0.328 e. The fraction of sp³-hybridized carbons (Fsp3) is 0.818. The molecule has 2 heterocycles. The van der Waals surface area contributed by atoms with E-state index in [1.54, 1.807) is 0 Å². The minimum atomic E-state index is -1.04. The van der Waals surface area contributed by atoms with Gasteiger partial charge in [-0.25, -0.2) is 9.59 Å². The second-order valence-electron chi connectivity index (χ2n) is 4.92. The van der Waals surface area contributed by atoms with Crippen LogP contribution in [0.25, 0.3) is 0 Å². The molecule has 0 radical (unpaired) electrons. The van der Waals surface area contributed by atoms with E-state index in [2.05, 4.69) is 5.32 Å². The first-order valence-electron chi connectivity index (χ1n) is 5.99. The lowest BCUT2D eigenvalue weighted by molar-refractivity contribution is -0.147. The number of carboxylic acids is 1. The van der Waals surface area contributed by atoms with E-state index in [9.17, 15) is 9.59 Å². The summed E-state index contributed by atoms with van der Waals surface area (Å²) in [5.41, 5.74) is -0.404. The minimum absolute atomic E-state index is 0.0377. The fourth-order valence-electron chi connectivity index (χ4n) is 2.15. The highest BCUT2D eigenvalue weighted by atomic mass is 16.5. The van der Waals surface area contributed by atoms with Crippen LogP contribution >= 0.6 is 0 Å². The summed E-state index contributed by atoms with van der Waals surface area (Å²) in [7, 11) is 0. The van der Waals surface area contributed by atoms with Crippen LogP contribution in [0.3, 0.4) is 0 Å². The number of rotatable bonds is 2. The SMILES string of the molecule is CC1(NC(=O)N2CCOCC2C(=O)O)CCOC1. The summed E-state index contributed by atoms with van der Waals surface area (Å²) in [4.78, 5) is 24.5. The van der Waals surface area contributed by atoms with E-state index < -0.39 is 17.6 Å². The van der Waals surface area contributed by atoms with Gasteiger partial charge in [0.05, 0.1) is 25.4 Å². The first-order valence-corrected chi connectivity index (χ1v) is 5.99. The maximum atomic E-state index is 12.1. The molecule has 0 bridgehead atoms. The molecule has 2 atom stereocenters. The number of hydrogen-bond donors (Lipinski definition) is 2. The molecule has 18 heavy (non-hydrogen) atoms. The molecule has 2 aliphatic heterocycles. The van der Waals surface area contributed by atoms with Gasteiger partial charge in [0.25, 0.3) is 0 Å². The number of amides is 2. The van der Waals surface area contributed by atoms with Crippen LogP contribution in [-0.2, 0) is 14.3 Å². The Bertz CT molecular complexity index is 340. The number of nitrogens with one attached hydrogen (secondary N) is 1. The number of carboxylic acid groups (broad SMARTS) is 1. The van der Waals surface area contributed by atoms with Crippen molar-refractivity contribution in [2.75, 3.05) is 33.0 Å². The summed E-state index contributed by atoms with van der Waals surface area (Å²) in [6.45, 7) is 3.66. The van der Waals surface area contributed by atoms with Gasteiger partial charge in [-0.2, -0.15) is 0 Å². The minimum Gasteiger partial charge on any atom is -0.480 e. The van der Waals surface area contributed by atoms with E-state index in [4.69, 9.17) is 14.6 Å². The largest absolute Gasteiger partial charge is 0.480 e. The Kier molecular flexibility index (Phi) is 3.72. The Balaban J connectivity index is 2.00. The van der Waals surface area contributed by atoms with Crippen LogP contribution in [0.4, 0.5) is 4.79 Å². The summed E-state index contributed by atoms with van der Waals surface area (Å²) in [5.74, 6) is -1.04. The normalized spacial score (nSPS) is 32.3. The zero-order chi connectivity index (χ0) is 13.2. The summed E-state index contributed by atoms with van der Waals surface area (Å²) in [6, 6.07) is -1.27. The first-order chi connectivity index (χ1) is 8.52. The van der Waals surface area contributed by atoms with Crippen LogP contribution < -0.4 is 5.32 Å². The van der Waals surface area contributed by atoms with Crippen molar-refractivity contribution in [2.24, 2.45) is 0 Å². The quantitative estimate of drug-likeness (QED) is 0.707. The molecule has 7 heteroatoms. The Morgan fingerprint density at radius 2 is 2.17 bits per heavy atom. The van der Waals surface area contributed by atoms with Gasteiger partial charge in [-0.3, -0.25) is 0 Å². The standard InChI is InChI=1S/C11H18N2O5/c1-11(2-4-18-7-11)12-10(16)13-3-5-17-6-8(13)9(14)15/h8H,2-7H2,1H3,(H,12,16)(H,14,15). The molecule has 2 rings (SSSR count). The molecule has 102 valence electrons. The van der Waals surface area contributed by atoms with E-state index in [0.29, 0.717) is 26.4 Å². The van der Waals surface area contributed by atoms with Crippen molar-refractivity contribution in [1.82, 2.24) is 10.2 Å². The highest BCUT2D eigenvalue weighted by molar-refractivity contribution is 5.83. The maximum Gasteiger partial charge on any atom is 0.328 e. The molecular formula is C11H18N2O5. The number of ether oxygens (including phenoxy) is 2. The third kappa shape index (κ3) is 2.73. The number of carbonyl (C=O) groups is 2. The van der Waals surface area contributed by atoms with Crippen molar-refractivity contribution in [3.8, 4) is 0 Å². The van der Waals surface area contributed by atoms with Gasteiger partial charge in [-0.15, -0.1) is 0 Å². The molecule has 2 unspecified atom stereocenters. The third-order valence-corrected chi connectivity index (χ3v) is 3.30. The molecule has 2 aliphatic rings. The third-order valence-electron chi connectivity index (χ3n) is 3.30. The summed E-state index contributed by atoms with van der Waals surface area (Å²) in [5, 5.41) is 11.9.